The molecule has 0 amide bonds. The standard InChI is InChI=1S/C9H6F2N2S/c10-6-1-5(2-7(11)3-6)8-4-13-9(12)14-8/h1-4H,(H2,12,13). The van der Waals surface area contributed by atoms with Gasteiger partial charge in [0.15, 0.2) is 5.13 Å². The van der Waals surface area contributed by atoms with Crippen LogP contribution >= 0.6 is 11.3 Å². The van der Waals surface area contributed by atoms with Gasteiger partial charge in [-0.25, -0.2) is 13.8 Å². The Balaban J connectivity index is 2.51. The maximum absolute atomic E-state index is 12.8. The molecule has 14 heavy (non-hydrogen) atoms. The zero-order valence-electron chi connectivity index (χ0n) is 7.00. The highest BCUT2D eigenvalue weighted by Crippen LogP contribution is 2.28. The largest absolute Gasteiger partial charge is 0.375 e. The van der Waals surface area contributed by atoms with E-state index in [9.17, 15) is 8.78 Å². The highest BCUT2D eigenvalue weighted by Gasteiger charge is 2.05. The molecule has 0 aliphatic carbocycles. The van der Waals surface area contributed by atoms with Crippen LogP contribution in [0.5, 0.6) is 0 Å². The number of rotatable bonds is 1. The van der Waals surface area contributed by atoms with Crippen molar-refractivity contribution in [3.05, 3.63) is 36.0 Å². The first-order chi connectivity index (χ1) is 6.65. The van der Waals surface area contributed by atoms with Crippen molar-refractivity contribution in [2.75, 3.05) is 5.73 Å². The number of thiazole rings is 1. The SMILES string of the molecule is Nc1ncc(-c2cc(F)cc(F)c2)s1. The molecule has 0 aliphatic heterocycles. The lowest BCUT2D eigenvalue weighted by Gasteiger charge is -1.97. The Morgan fingerprint density at radius 2 is 1.79 bits per heavy atom. The molecule has 0 saturated heterocycles. The van der Waals surface area contributed by atoms with Crippen molar-refractivity contribution in [3.63, 3.8) is 0 Å². The Bertz CT molecular complexity index is 447. The second kappa shape index (κ2) is 3.34. The molecule has 0 fully saturated rings. The van der Waals surface area contributed by atoms with E-state index in [1.54, 1.807) is 0 Å². The minimum Gasteiger partial charge on any atom is -0.375 e. The zero-order valence-corrected chi connectivity index (χ0v) is 7.81. The van der Waals surface area contributed by atoms with Gasteiger partial charge in [0.2, 0.25) is 0 Å². The summed E-state index contributed by atoms with van der Waals surface area (Å²) in [5.41, 5.74) is 5.87. The summed E-state index contributed by atoms with van der Waals surface area (Å²) >= 11 is 1.19. The fourth-order valence-corrected chi connectivity index (χ4v) is 1.79. The van der Waals surface area contributed by atoms with Gasteiger partial charge < -0.3 is 5.73 Å². The lowest BCUT2D eigenvalue weighted by molar-refractivity contribution is 0.584. The number of nitrogens with zero attached hydrogens (tertiary/aromatic N) is 1. The topological polar surface area (TPSA) is 38.9 Å². The molecular formula is C9H6F2N2S. The van der Waals surface area contributed by atoms with Crippen molar-refractivity contribution in [1.82, 2.24) is 4.98 Å². The van der Waals surface area contributed by atoms with E-state index in [1.165, 1.54) is 29.7 Å². The maximum atomic E-state index is 12.8. The van der Waals surface area contributed by atoms with E-state index in [4.69, 9.17) is 5.73 Å². The van der Waals surface area contributed by atoms with Gasteiger partial charge in [0.1, 0.15) is 11.6 Å². The van der Waals surface area contributed by atoms with Gasteiger partial charge in [0, 0.05) is 12.3 Å². The van der Waals surface area contributed by atoms with Crippen molar-refractivity contribution < 1.29 is 8.78 Å². The number of halogens is 2. The number of anilines is 1. The second-order valence-electron chi connectivity index (χ2n) is 2.72. The van der Waals surface area contributed by atoms with Gasteiger partial charge in [-0.05, 0) is 17.7 Å². The molecule has 0 aliphatic rings. The number of nitrogen functional groups attached to an aromatic ring is 1. The summed E-state index contributed by atoms with van der Waals surface area (Å²) in [6.45, 7) is 0. The number of hydrogen-bond acceptors (Lipinski definition) is 3. The number of nitrogens with two attached hydrogens (primary N) is 1. The summed E-state index contributed by atoms with van der Waals surface area (Å²) in [6, 6.07) is 3.32. The molecule has 0 atom stereocenters. The zero-order chi connectivity index (χ0) is 10.1. The average Bonchev–Trinajstić information content (AvgIpc) is 2.50. The van der Waals surface area contributed by atoms with E-state index >= 15 is 0 Å². The molecule has 72 valence electrons. The van der Waals surface area contributed by atoms with Crippen molar-refractivity contribution >= 4 is 16.5 Å². The highest BCUT2D eigenvalue weighted by molar-refractivity contribution is 7.18. The van der Waals surface area contributed by atoms with Crippen LogP contribution in [0.2, 0.25) is 0 Å². The summed E-state index contributed by atoms with van der Waals surface area (Å²) in [5.74, 6) is -1.21. The highest BCUT2D eigenvalue weighted by atomic mass is 32.1. The van der Waals surface area contributed by atoms with Gasteiger partial charge in [0.25, 0.3) is 0 Å². The Hall–Kier alpha value is -1.49. The van der Waals surface area contributed by atoms with Crippen molar-refractivity contribution in [2.24, 2.45) is 0 Å². The normalized spacial score (nSPS) is 10.4. The predicted octanol–water partition coefficient (Wildman–Crippen LogP) is 2.67. The molecule has 5 heteroatoms. The van der Waals surface area contributed by atoms with Gasteiger partial charge in [-0.15, -0.1) is 0 Å². The third-order valence-corrected chi connectivity index (χ3v) is 2.55. The third kappa shape index (κ3) is 1.72. The van der Waals surface area contributed by atoms with E-state index in [1.807, 2.05) is 0 Å². The number of aromatic nitrogens is 1. The summed E-state index contributed by atoms with van der Waals surface area (Å²) in [6.07, 6.45) is 1.49. The average molecular weight is 212 g/mol. The summed E-state index contributed by atoms with van der Waals surface area (Å²) in [4.78, 5) is 4.46. The molecule has 0 radical (unpaired) electrons. The van der Waals surface area contributed by atoms with Gasteiger partial charge in [-0.1, -0.05) is 11.3 Å². The van der Waals surface area contributed by atoms with Crippen LogP contribution < -0.4 is 5.73 Å². The Morgan fingerprint density at radius 1 is 1.14 bits per heavy atom. The smallest absolute Gasteiger partial charge is 0.180 e. The Labute approximate surface area is 83.0 Å². The minimum atomic E-state index is -0.605. The van der Waals surface area contributed by atoms with Crippen LogP contribution in [0.1, 0.15) is 0 Å². The van der Waals surface area contributed by atoms with Crippen LogP contribution in [-0.4, -0.2) is 4.98 Å². The number of hydrogen-bond donors (Lipinski definition) is 1. The molecule has 2 nitrogen and oxygen atoms in total. The lowest BCUT2D eigenvalue weighted by Crippen LogP contribution is -1.81. The molecule has 0 unspecified atom stereocenters. The first-order valence-corrected chi connectivity index (χ1v) is 4.64. The molecule has 0 bridgehead atoms. The van der Waals surface area contributed by atoms with E-state index < -0.39 is 11.6 Å². The van der Waals surface area contributed by atoms with Gasteiger partial charge in [-0.2, -0.15) is 0 Å². The van der Waals surface area contributed by atoms with Crippen molar-refractivity contribution in [1.29, 1.82) is 0 Å². The van der Waals surface area contributed by atoms with Crippen LogP contribution in [0.4, 0.5) is 13.9 Å². The molecule has 1 heterocycles. The summed E-state index contributed by atoms with van der Waals surface area (Å²) in [5, 5.41) is 0.379. The summed E-state index contributed by atoms with van der Waals surface area (Å²) in [7, 11) is 0. The van der Waals surface area contributed by atoms with E-state index in [0.29, 0.717) is 15.6 Å². The lowest BCUT2D eigenvalue weighted by atomic mass is 10.2. The molecular weight excluding hydrogens is 206 g/mol. The van der Waals surface area contributed by atoms with E-state index in [-0.39, 0.29) is 0 Å². The minimum absolute atomic E-state index is 0.379. The molecule has 2 N–H and O–H groups in total. The summed E-state index contributed by atoms with van der Waals surface area (Å²) < 4.78 is 25.7. The van der Waals surface area contributed by atoms with Crippen LogP contribution in [0, 0.1) is 11.6 Å². The quantitative estimate of drug-likeness (QED) is 0.789. The molecule has 1 aromatic carbocycles. The molecule has 1 aromatic heterocycles. The fourth-order valence-electron chi connectivity index (χ4n) is 1.12. The van der Waals surface area contributed by atoms with Crippen LogP contribution in [0.3, 0.4) is 0 Å². The van der Waals surface area contributed by atoms with E-state index in [0.717, 1.165) is 6.07 Å². The van der Waals surface area contributed by atoms with Gasteiger partial charge >= 0.3 is 0 Å². The molecule has 0 saturated carbocycles. The number of benzene rings is 1. The monoisotopic (exact) mass is 212 g/mol. The molecule has 2 rings (SSSR count). The Morgan fingerprint density at radius 3 is 2.29 bits per heavy atom. The predicted molar refractivity (Wildman–Crippen MR) is 51.9 cm³/mol. The first kappa shape index (κ1) is 9.08. The van der Waals surface area contributed by atoms with Crippen molar-refractivity contribution in [2.45, 2.75) is 0 Å². The van der Waals surface area contributed by atoms with Crippen LogP contribution in [0.25, 0.3) is 10.4 Å². The maximum Gasteiger partial charge on any atom is 0.180 e. The second-order valence-corrected chi connectivity index (χ2v) is 3.78. The molecule has 2 aromatic rings. The van der Waals surface area contributed by atoms with Gasteiger partial charge in [0.05, 0.1) is 4.88 Å². The molecule has 0 spiro atoms. The first-order valence-electron chi connectivity index (χ1n) is 3.83. The third-order valence-electron chi connectivity index (χ3n) is 1.67. The van der Waals surface area contributed by atoms with Crippen LogP contribution in [0.15, 0.2) is 24.4 Å². The fraction of sp³-hybridized carbons (Fsp3) is 0. The van der Waals surface area contributed by atoms with E-state index in [2.05, 4.69) is 4.98 Å². The van der Waals surface area contributed by atoms with Gasteiger partial charge in [-0.3, -0.25) is 0 Å². The van der Waals surface area contributed by atoms with Crippen molar-refractivity contribution in [3.8, 4) is 10.4 Å². The Kier molecular flexibility index (Phi) is 2.17. The van der Waals surface area contributed by atoms with Crippen LogP contribution in [-0.2, 0) is 0 Å².